The third-order valence-corrected chi connectivity index (χ3v) is 4.54. The van der Waals surface area contributed by atoms with E-state index >= 15 is 0 Å². The number of benzene rings is 1. The first kappa shape index (κ1) is 16.8. The molecular weight excluding hydrogens is 293 g/mol. The molecule has 1 unspecified atom stereocenters. The molecule has 0 bridgehead atoms. The second kappa shape index (κ2) is 6.71. The molecule has 5 heteroatoms. The minimum Gasteiger partial charge on any atom is -0.481 e. The highest BCUT2D eigenvalue weighted by Gasteiger charge is 2.36. The first-order valence-corrected chi connectivity index (χ1v) is 7.78. The third kappa shape index (κ3) is 3.62. The molecule has 1 saturated carbocycles. The lowest BCUT2D eigenvalue weighted by Gasteiger charge is -2.26. The summed E-state index contributed by atoms with van der Waals surface area (Å²) in [7, 11) is 0. The Morgan fingerprint density at radius 3 is 2.41 bits per heavy atom. The monoisotopic (exact) mass is 314 g/mol. The molecular formula is C17H21F3O2. The number of rotatable bonds is 4. The standard InChI is InChI=1S/C17H21F3O2/c1-2-13(16(21)22)12-8-9-14(11-6-4-3-5-7-11)15(10-12)17(18,19)20/h8-11,13H,2-7H2,1H3,(H,21,22). The number of hydrogen-bond acceptors (Lipinski definition) is 1. The van der Waals surface area contributed by atoms with Crippen LogP contribution in [-0.2, 0) is 11.0 Å². The van der Waals surface area contributed by atoms with Crippen LogP contribution in [0, 0.1) is 0 Å². The van der Waals surface area contributed by atoms with Crippen molar-refractivity contribution in [2.24, 2.45) is 0 Å². The number of aliphatic carboxylic acids is 1. The molecule has 1 N–H and O–H groups in total. The molecule has 1 atom stereocenters. The number of alkyl halides is 3. The van der Waals surface area contributed by atoms with Crippen molar-refractivity contribution in [3.05, 3.63) is 34.9 Å². The van der Waals surface area contributed by atoms with E-state index in [1.807, 2.05) is 0 Å². The molecule has 22 heavy (non-hydrogen) atoms. The van der Waals surface area contributed by atoms with E-state index in [2.05, 4.69) is 0 Å². The van der Waals surface area contributed by atoms with Crippen molar-refractivity contribution in [2.75, 3.05) is 0 Å². The van der Waals surface area contributed by atoms with Gasteiger partial charge in [0.05, 0.1) is 11.5 Å². The van der Waals surface area contributed by atoms with Crippen LogP contribution in [0.1, 0.15) is 74.0 Å². The molecule has 1 aromatic rings. The largest absolute Gasteiger partial charge is 0.481 e. The zero-order valence-corrected chi connectivity index (χ0v) is 12.6. The summed E-state index contributed by atoms with van der Waals surface area (Å²) in [6, 6.07) is 4.10. The summed E-state index contributed by atoms with van der Waals surface area (Å²) in [5.74, 6) is -2.04. The summed E-state index contributed by atoms with van der Waals surface area (Å²) in [4.78, 5) is 11.2. The maximum Gasteiger partial charge on any atom is 0.416 e. The van der Waals surface area contributed by atoms with Crippen LogP contribution in [0.4, 0.5) is 13.2 Å². The van der Waals surface area contributed by atoms with Crippen LogP contribution in [0.2, 0.25) is 0 Å². The summed E-state index contributed by atoms with van der Waals surface area (Å²) in [6.45, 7) is 1.67. The first-order chi connectivity index (χ1) is 10.3. The summed E-state index contributed by atoms with van der Waals surface area (Å²) in [6.07, 6.45) is 0.367. The highest BCUT2D eigenvalue weighted by Crippen LogP contribution is 2.41. The van der Waals surface area contributed by atoms with Gasteiger partial charge in [-0.1, -0.05) is 38.3 Å². The lowest BCUT2D eigenvalue weighted by molar-refractivity contribution is -0.140. The van der Waals surface area contributed by atoms with E-state index < -0.39 is 23.6 Å². The zero-order chi connectivity index (χ0) is 16.3. The van der Waals surface area contributed by atoms with Crippen LogP contribution in [0.3, 0.4) is 0 Å². The second-order valence-corrected chi connectivity index (χ2v) is 5.98. The number of halogens is 3. The predicted octanol–water partition coefficient (Wildman–Crippen LogP) is 5.33. The zero-order valence-electron chi connectivity index (χ0n) is 12.6. The molecule has 1 fully saturated rings. The average Bonchev–Trinajstić information content (AvgIpc) is 2.47. The molecule has 2 rings (SSSR count). The van der Waals surface area contributed by atoms with E-state index in [0.29, 0.717) is 5.56 Å². The van der Waals surface area contributed by atoms with Gasteiger partial charge in [-0.25, -0.2) is 0 Å². The predicted molar refractivity (Wildman–Crippen MR) is 77.9 cm³/mol. The van der Waals surface area contributed by atoms with Crippen LogP contribution in [0.15, 0.2) is 18.2 Å². The van der Waals surface area contributed by atoms with Gasteiger partial charge in [0.15, 0.2) is 0 Å². The Morgan fingerprint density at radius 1 is 1.27 bits per heavy atom. The van der Waals surface area contributed by atoms with E-state index in [-0.39, 0.29) is 17.9 Å². The third-order valence-electron chi connectivity index (χ3n) is 4.54. The van der Waals surface area contributed by atoms with Crippen molar-refractivity contribution >= 4 is 5.97 Å². The second-order valence-electron chi connectivity index (χ2n) is 5.98. The van der Waals surface area contributed by atoms with E-state index in [0.717, 1.165) is 38.2 Å². The molecule has 122 valence electrons. The van der Waals surface area contributed by atoms with Crippen molar-refractivity contribution in [3.63, 3.8) is 0 Å². The van der Waals surface area contributed by atoms with Gasteiger partial charge < -0.3 is 5.11 Å². The smallest absolute Gasteiger partial charge is 0.416 e. The van der Waals surface area contributed by atoms with Gasteiger partial charge in [0.2, 0.25) is 0 Å². The molecule has 0 saturated heterocycles. The van der Waals surface area contributed by atoms with Gasteiger partial charge in [0.1, 0.15) is 0 Å². The van der Waals surface area contributed by atoms with Crippen LogP contribution < -0.4 is 0 Å². The minimum atomic E-state index is -4.44. The lowest BCUT2D eigenvalue weighted by Crippen LogP contribution is -2.17. The molecule has 1 aliphatic carbocycles. The summed E-state index contributed by atoms with van der Waals surface area (Å²) in [5, 5.41) is 9.16. The van der Waals surface area contributed by atoms with Crippen molar-refractivity contribution in [1.29, 1.82) is 0 Å². The van der Waals surface area contributed by atoms with Crippen molar-refractivity contribution in [1.82, 2.24) is 0 Å². The Kier molecular flexibility index (Phi) is 5.14. The molecule has 0 radical (unpaired) electrons. The van der Waals surface area contributed by atoms with Crippen LogP contribution in [0.25, 0.3) is 0 Å². The van der Waals surface area contributed by atoms with Gasteiger partial charge in [0, 0.05) is 0 Å². The maximum absolute atomic E-state index is 13.4. The Bertz CT molecular complexity index is 531. The van der Waals surface area contributed by atoms with Gasteiger partial charge in [-0.15, -0.1) is 0 Å². The van der Waals surface area contributed by atoms with Gasteiger partial charge >= 0.3 is 12.1 Å². The van der Waals surface area contributed by atoms with Gasteiger partial charge in [-0.3, -0.25) is 4.79 Å². The fraction of sp³-hybridized carbons (Fsp3) is 0.588. The fourth-order valence-corrected chi connectivity index (χ4v) is 3.36. The van der Waals surface area contributed by atoms with Crippen LogP contribution in [0.5, 0.6) is 0 Å². The molecule has 0 amide bonds. The first-order valence-electron chi connectivity index (χ1n) is 7.78. The van der Waals surface area contributed by atoms with Crippen LogP contribution in [-0.4, -0.2) is 11.1 Å². The Labute approximate surface area is 128 Å². The van der Waals surface area contributed by atoms with Gasteiger partial charge in [0.25, 0.3) is 0 Å². The highest BCUT2D eigenvalue weighted by molar-refractivity contribution is 5.76. The Morgan fingerprint density at radius 2 is 1.91 bits per heavy atom. The number of carboxylic acid groups (broad SMARTS) is 1. The maximum atomic E-state index is 13.4. The molecule has 0 aliphatic heterocycles. The Balaban J connectivity index is 2.44. The molecule has 2 nitrogen and oxygen atoms in total. The topological polar surface area (TPSA) is 37.3 Å². The molecule has 1 aromatic carbocycles. The number of carboxylic acids is 1. The highest BCUT2D eigenvalue weighted by atomic mass is 19.4. The minimum absolute atomic E-state index is 0.0654. The molecule has 0 heterocycles. The van der Waals surface area contributed by atoms with Crippen molar-refractivity contribution in [2.45, 2.75) is 63.5 Å². The molecule has 1 aliphatic rings. The normalized spacial score (nSPS) is 18.2. The molecule has 0 aromatic heterocycles. The summed E-state index contributed by atoms with van der Waals surface area (Å²) < 4.78 is 40.2. The van der Waals surface area contributed by atoms with E-state index in [4.69, 9.17) is 5.11 Å². The summed E-state index contributed by atoms with van der Waals surface area (Å²) >= 11 is 0. The SMILES string of the molecule is CCC(C(=O)O)c1ccc(C2CCCCC2)c(C(F)(F)F)c1. The van der Waals surface area contributed by atoms with Gasteiger partial charge in [-0.2, -0.15) is 13.2 Å². The Hall–Kier alpha value is -1.52. The average molecular weight is 314 g/mol. The van der Waals surface area contributed by atoms with E-state index in [1.165, 1.54) is 6.07 Å². The fourth-order valence-electron chi connectivity index (χ4n) is 3.36. The molecule has 0 spiro atoms. The van der Waals surface area contributed by atoms with Crippen LogP contribution >= 0.6 is 0 Å². The van der Waals surface area contributed by atoms with Gasteiger partial charge in [-0.05, 0) is 42.4 Å². The lowest BCUT2D eigenvalue weighted by atomic mass is 9.80. The quantitative estimate of drug-likeness (QED) is 0.815. The van der Waals surface area contributed by atoms with E-state index in [9.17, 15) is 18.0 Å². The number of hydrogen-bond donors (Lipinski definition) is 1. The van der Waals surface area contributed by atoms with Crippen molar-refractivity contribution in [3.8, 4) is 0 Å². The number of carbonyl (C=O) groups is 1. The van der Waals surface area contributed by atoms with Crippen molar-refractivity contribution < 1.29 is 23.1 Å². The van der Waals surface area contributed by atoms with E-state index in [1.54, 1.807) is 13.0 Å². The summed E-state index contributed by atoms with van der Waals surface area (Å²) in [5.41, 5.74) is -0.0883.